The van der Waals surface area contributed by atoms with E-state index >= 15 is 0 Å². The number of H-pyrrole nitrogens is 1. The summed E-state index contributed by atoms with van der Waals surface area (Å²) in [7, 11) is 5.60. The number of anilines is 1. The molecule has 0 radical (unpaired) electrons. The van der Waals surface area contributed by atoms with Gasteiger partial charge in [0.05, 0.1) is 23.7 Å². The van der Waals surface area contributed by atoms with E-state index in [4.69, 9.17) is 4.74 Å². The largest absolute Gasteiger partial charge is 0.497 e. The molecule has 5 nitrogen and oxygen atoms in total. The van der Waals surface area contributed by atoms with Crippen LogP contribution in [0.25, 0.3) is 22.7 Å². The molecule has 4 rings (SSSR count). The number of carbonyl (C=O) groups excluding carboxylic acids is 1. The van der Waals surface area contributed by atoms with Gasteiger partial charge in [0.25, 0.3) is 0 Å². The highest BCUT2D eigenvalue weighted by Gasteiger charge is 2.18. The van der Waals surface area contributed by atoms with E-state index < -0.39 is 0 Å². The maximum atomic E-state index is 13.4. The number of aromatic nitrogens is 2. The molecule has 0 amide bonds. The summed E-state index contributed by atoms with van der Waals surface area (Å²) in [6.45, 7) is 0. The average molecular weight is 397 g/mol. The van der Waals surface area contributed by atoms with Crippen LogP contribution >= 0.6 is 0 Å². The standard InChI is InChI=1S/C25H23N3O2/c1-28(2)19-12-8-17(9-13-19)16-21(24(29)18-10-14-20(30-3)15-11-18)25-26-22-6-4-5-7-23(22)27-25/h4-16H,1-3H3,(H,26,27)/b21-16+. The Labute approximate surface area is 175 Å². The third kappa shape index (κ3) is 3.96. The number of hydrogen-bond donors (Lipinski definition) is 1. The molecule has 0 spiro atoms. The first-order valence-electron chi connectivity index (χ1n) is 9.68. The molecule has 1 aromatic heterocycles. The molecular formula is C25H23N3O2. The summed E-state index contributed by atoms with van der Waals surface area (Å²) in [6, 6.07) is 22.9. The van der Waals surface area contributed by atoms with Gasteiger partial charge in [-0.3, -0.25) is 4.79 Å². The number of carbonyl (C=O) groups is 1. The Bertz CT molecular complexity index is 1170. The number of rotatable bonds is 6. The van der Waals surface area contributed by atoms with E-state index in [1.165, 1.54) is 0 Å². The number of benzene rings is 3. The molecule has 5 heteroatoms. The number of nitrogens with zero attached hydrogens (tertiary/aromatic N) is 2. The lowest BCUT2D eigenvalue weighted by Crippen LogP contribution is -2.08. The monoisotopic (exact) mass is 397 g/mol. The van der Waals surface area contributed by atoms with Crippen molar-refractivity contribution >= 4 is 34.2 Å². The molecule has 0 fully saturated rings. The third-order valence-corrected chi connectivity index (χ3v) is 4.96. The molecule has 1 heterocycles. The number of nitrogens with one attached hydrogen (secondary N) is 1. The Kier molecular flexibility index (Phi) is 5.35. The fourth-order valence-corrected chi connectivity index (χ4v) is 3.26. The third-order valence-electron chi connectivity index (χ3n) is 4.96. The summed E-state index contributed by atoms with van der Waals surface area (Å²) in [4.78, 5) is 23.4. The van der Waals surface area contributed by atoms with Gasteiger partial charge < -0.3 is 14.6 Å². The average Bonchev–Trinajstić information content (AvgIpc) is 3.21. The van der Waals surface area contributed by atoms with Gasteiger partial charge in [0.2, 0.25) is 0 Å². The Morgan fingerprint density at radius 3 is 2.30 bits per heavy atom. The lowest BCUT2D eigenvalue weighted by atomic mass is 10.00. The van der Waals surface area contributed by atoms with Crippen molar-refractivity contribution < 1.29 is 9.53 Å². The summed E-state index contributed by atoms with van der Waals surface area (Å²) in [5.41, 5.74) is 4.82. The molecule has 150 valence electrons. The molecule has 0 bridgehead atoms. The van der Waals surface area contributed by atoms with Crippen molar-refractivity contribution in [3.8, 4) is 5.75 Å². The summed E-state index contributed by atoms with van der Waals surface area (Å²) in [5, 5.41) is 0. The predicted octanol–water partition coefficient (Wildman–Crippen LogP) is 5.06. The van der Waals surface area contributed by atoms with E-state index in [9.17, 15) is 4.79 Å². The highest BCUT2D eigenvalue weighted by Crippen LogP contribution is 2.25. The van der Waals surface area contributed by atoms with Crippen LogP contribution in [0.15, 0.2) is 72.8 Å². The molecule has 0 atom stereocenters. The fraction of sp³-hybridized carbons (Fsp3) is 0.120. The van der Waals surface area contributed by atoms with Crippen LogP contribution in [0.5, 0.6) is 5.75 Å². The Hall–Kier alpha value is -3.86. The van der Waals surface area contributed by atoms with Crippen molar-refractivity contribution in [3.63, 3.8) is 0 Å². The molecule has 1 N–H and O–H groups in total. The number of imidazole rings is 1. The van der Waals surface area contributed by atoms with Gasteiger partial charge in [0.15, 0.2) is 5.78 Å². The first kappa shape index (κ1) is 19.5. The first-order chi connectivity index (χ1) is 14.5. The normalized spacial score (nSPS) is 11.5. The molecule has 0 aliphatic heterocycles. The first-order valence-corrected chi connectivity index (χ1v) is 9.68. The van der Waals surface area contributed by atoms with Crippen LogP contribution in [0.3, 0.4) is 0 Å². The summed E-state index contributed by atoms with van der Waals surface area (Å²) < 4.78 is 5.21. The molecule has 4 aromatic rings. The quantitative estimate of drug-likeness (QED) is 0.365. The highest BCUT2D eigenvalue weighted by molar-refractivity contribution is 6.32. The van der Waals surface area contributed by atoms with E-state index in [2.05, 4.69) is 9.97 Å². The number of allylic oxidation sites excluding steroid dienone is 1. The maximum Gasteiger partial charge on any atom is 0.196 e. The van der Waals surface area contributed by atoms with E-state index in [0.717, 1.165) is 22.3 Å². The number of hydrogen-bond acceptors (Lipinski definition) is 4. The number of Topliss-reactive ketones (excluding diaryl/α,β-unsaturated/α-hetero) is 1. The lowest BCUT2D eigenvalue weighted by Gasteiger charge is -2.12. The van der Waals surface area contributed by atoms with Gasteiger partial charge in [-0.25, -0.2) is 4.98 Å². The Morgan fingerprint density at radius 1 is 0.967 bits per heavy atom. The van der Waals surface area contributed by atoms with Gasteiger partial charge in [0, 0.05) is 25.3 Å². The second-order valence-electron chi connectivity index (χ2n) is 7.20. The van der Waals surface area contributed by atoms with Gasteiger partial charge in [-0.05, 0) is 60.2 Å². The van der Waals surface area contributed by atoms with Gasteiger partial charge in [0.1, 0.15) is 11.6 Å². The number of methoxy groups -OCH3 is 1. The van der Waals surface area contributed by atoms with Crippen LogP contribution < -0.4 is 9.64 Å². The minimum atomic E-state index is -0.103. The van der Waals surface area contributed by atoms with Gasteiger partial charge in [-0.15, -0.1) is 0 Å². The van der Waals surface area contributed by atoms with Crippen LogP contribution in [0.1, 0.15) is 21.7 Å². The number of aromatic amines is 1. The van der Waals surface area contributed by atoms with E-state index in [0.29, 0.717) is 22.7 Å². The van der Waals surface area contributed by atoms with Gasteiger partial charge in [-0.1, -0.05) is 24.3 Å². The minimum Gasteiger partial charge on any atom is -0.497 e. The smallest absolute Gasteiger partial charge is 0.196 e. The molecule has 30 heavy (non-hydrogen) atoms. The molecule has 0 aliphatic rings. The number of ketones is 1. The zero-order chi connectivity index (χ0) is 21.1. The van der Waals surface area contributed by atoms with Crippen molar-refractivity contribution in [2.75, 3.05) is 26.1 Å². The van der Waals surface area contributed by atoms with Crippen molar-refractivity contribution in [3.05, 3.63) is 89.7 Å². The van der Waals surface area contributed by atoms with Crippen LogP contribution in [-0.2, 0) is 0 Å². The predicted molar refractivity (Wildman–Crippen MR) is 122 cm³/mol. The van der Waals surface area contributed by atoms with Crippen LogP contribution in [0.2, 0.25) is 0 Å². The Balaban J connectivity index is 1.79. The number of fused-ring (bicyclic) bond motifs is 1. The molecule has 0 saturated heterocycles. The lowest BCUT2D eigenvalue weighted by molar-refractivity contribution is 0.105. The zero-order valence-corrected chi connectivity index (χ0v) is 17.2. The van der Waals surface area contributed by atoms with Crippen LogP contribution in [0, 0.1) is 0 Å². The van der Waals surface area contributed by atoms with E-state index in [-0.39, 0.29) is 5.78 Å². The SMILES string of the molecule is COc1ccc(C(=O)/C(=C\c2ccc(N(C)C)cc2)c2nc3ccccc3[nH]2)cc1. The van der Waals surface area contributed by atoms with E-state index in [1.807, 2.05) is 73.6 Å². The second kappa shape index (κ2) is 8.25. The zero-order valence-electron chi connectivity index (χ0n) is 17.2. The van der Waals surface area contributed by atoms with Crippen molar-refractivity contribution in [2.45, 2.75) is 0 Å². The molecule has 3 aromatic carbocycles. The molecule has 0 unspecified atom stereocenters. The van der Waals surface area contributed by atoms with Gasteiger partial charge in [-0.2, -0.15) is 0 Å². The molecular weight excluding hydrogens is 374 g/mol. The molecule has 0 saturated carbocycles. The minimum absolute atomic E-state index is 0.103. The van der Waals surface area contributed by atoms with Crippen LogP contribution in [-0.4, -0.2) is 37.0 Å². The highest BCUT2D eigenvalue weighted by atomic mass is 16.5. The van der Waals surface area contributed by atoms with Gasteiger partial charge >= 0.3 is 0 Å². The summed E-state index contributed by atoms with van der Waals surface area (Å²) in [6.07, 6.45) is 1.88. The van der Waals surface area contributed by atoms with E-state index in [1.54, 1.807) is 31.4 Å². The summed E-state index contributed by atoms with van der Waals surface area (Å²) in [5.74, 6) is 1.15. The van der Waals surface area contributed by atoms with Crippen molar-refractivity contribution in [1.29, 1.82) is 0 Å². The maximum absolute atomic E-state index is 13.4. The second-order valence-corrected chi connectivity index (χ2v) is 7.20. The summed E-state index contributed by atoms with van der Waals surface area (Å²) >= 11 is 0. The topological polar surface area (TPSA) is 58.2 Å². The fourth-order valence-electron chi connectivity index (χ4n) is 3.26. The number of para-hydroxylation sites is 2. The van der Waals surface area contributed by atoms with Crippen LogP contribution in [0.4, 0.5) is 5.69 Å². The Morgan fingerprint density at radius 2 is 1.67 bits per heavy atom. The number of ether oxygens (including phenoxy) is 1. The van der Waals surface area contributed by atoms with Crippen molar-refractivity contribution in [1.82, 2.24) is 9.97 Å². The molecule has 0 aliphatic carbocycles. The van der Waals surface area contributed by atoms with Crippen molar-refractivity contribution in [2.24, 2.45) is 0 Å².